The molecule has 124 heavy (non-hydrogen) atoms. The van der Waals surface area contributed by atoms with Gasteiger partial charge < -0.3 is 24.8 Å². The lowest BCUT2D eigenvalue weighted by molar-refractivity contribution is 0.0554. The molecule has 4 N–H and O–H groups in total. The van der Waals surface area contributed by atoms with Crippen molar-refractivity contribution in [3.05, 3.63) is 348 Å². The second-order valence-corrected chi connectivity index (χ2v) is 39.1. The van der Waals surface area contributed by atoms with Crippen LogP contribution in [-0.2, 0) is 25.7 Å². The van der Waals surface area contributed by atoms with Crippen molar-refractivity contribution < 1.29 is 42.4 Å². The SMILES string of the molecule is C[C@]12Cc3cnn(-c4ccc(F)cc4)c3C=C1CC[C@@H]2[C@@H](O)c1cc2ccccc2s1.C[C@]12Cc3cnn(-c4ccc(F)cc4)c3C=C1CC[C@@H]2[C@@H](O)c1nc2ccccc2s1.C[C@]12Cc3cnn(-c4ccc(F)cc4)c3C=C1CC[C@@H]2[C@H](O)c1cc2ccccc2s1.C[C@]12Cc3cnn(-c4ccc(F)cc4)c3C=C1CC[C@@H]2[C@H](O)c1coc2ccccc12. The van der Waals surface area contributed by atoms with E-state index in [-0.39, 0.29) is 68.6 Å². The minimum Gasteiger partial charge on any atom is -0.464 e. The van der Waals surface area contributed by atoms with Gasteiger partial charge in [-0.1, -0.05) is 117 Å². The molecule has 16 aromatic rings. The summed E-state index contributed by atoms with van der Waals surface area (Å²) in [6, 6.07) is 62.6. The van der Waals surface area contributed by atoms with E-state index in [4.69, 9.17) is 9.40 Å². The van der Waals surface area contributed by atoms with Gasteiger partial charge in [-0.2, -0.15) is 20.4 Å². The lowest BCUT2D eigenvalue weighted by atomic mass is 9.67. The highest BCUT2D eigenvalue weighted by molar-refractivity contribution is 7.19. The molecule has 0 bridgehead atoms. The van der Waals surface area contributed by atoms with Crippen molar-refractivity contribution in [1.82, 2.24) is 44.1 Å². The monoisotopic (exact) mass is 1710 g/mol. The Labute approximate surface area is 726 Å². The highest BCUT2D eigenvalue weighted by Gasteiger charge is 2.54. The van der Waals surface area contributed by atoms with Gasteiger partial charge in [0.05, 0.1) is 105 Å². The summed E-state index contributed by atoms with van der Waals surface area (Å²) in [5.41, 5.74) is 20.1. The number of nitrogens with zero attached hydrogens (tertiary/aromatic N) is 9. The first-order valence-corrected chi connectivity index (χ1v) is 45.2. The standard InChI is InChI=1S/C26H23FN2O2.2C26H23FN2OS.C25H22FN3OS/c1-26-13-16-14-28-29(19-9-7-18(27)8-10-19)23(16)12-17(26)6-11-22(26)25(30)21-15-31-24-5-3-2-4-20(21)24;2*1-26-14-17-15-28-29(20-9-7-19(27)8-10-20)22(17)13-18(26)6-11-21(26)25(30)24-12-16-4-2-3-5-23(16)31-24;1-25-13-15-14-27-29(18-9-7-17(26)8-10-18)21(15)12-16(25)6-11-19(25)23(30)24-28-20-4-2-3-5-22(20)31-24/h2-5,7-10,12,14-15,22,25,30H,6,11,13H2,1H3;2*2-5,7-10,12-13,15,21,25,30H,6,11,14H2,1H3;2-5,7-10,12,14,19,23,30H,6,11,13H2,1H3/t22-,25-,26+;21-,25+,26+;21-,25-,26+;19-,23-,25+/m1111/s1. The molecule has 0 aliphatic heterocycles. The molecule has 0 unspecified atom stereocenters. The van der Waals surface area contributed by atoms with Crippen LogP contribution in [0.25, 0.3) is 88.4 Å². The fourth-order valence-electron chi connectivity index (χ4n) is 22.0. The number of halogens is 4. The number of thiophene rings is 2. The minimum atomic E-state index is -0.590. The average molecular weight is 1710 g/mol. The Balaban J connectivity index is 0.000000101. The number of aromatic nitrogens is 9. The summed E-state index contributed by atoms with van der Waals surface area (Å²) in [4.78, 5) is 6.84. The quantitative estimate of drug-likeness (QED) is 0.0861. The predicted molar refractivity (Wildman–Crippen MR) is 483 cm³/mol. The van der Waals surface area contributed by atoms with Crippen molar-refractivity contribution in [3.63, 3.8) is 0 Å². The van der Waals surface area contributed by atoms with E-state index in [1.807, 2.05) is 110 Å². The van der Waals surface area contributed by atoms with Crippen LogP contribution in [0.3, 0.4) is 0 Å². The predicted octanol–water partition coefficient (Wildman–Crippen LogP) is 24.2. The van der Waals surface area contributed by atoms with Gasteiger partial charge >= 0.3 is 0 Å². The normalized spacial score (nSPS) is 23.5. The number of fused-ring (bicyclic) bond motifs is 12. The van der Waals surface area contributed by atoms with Crippen LogP contribution in [0.4, 0.5) is 17.6 Å². The molecule has 8 aliphatic rings. The Morgan fingerprint density at radius 3 is 1.06 bits per heavy atom. The third-order valence-electron chi connectivity index (χ3n) is 28.8. The molecular weight excluding hydrogens is 1620 g/mol. The number of aliphatic hydroxyl groups excluding tert-OH is 4. The maximum absolute atomic E-state index is 13.4. The number of furan rings is 1. The summed E-state index contributed by atoms with van der Waals surface area (Å²) >= 11 is 4.99. The number of para-hydroxylation sites is 2. The number of benzene rings is 8. The number of aliphatic hydroxyl groups is 4. The van der Waals surface area contributed by atoms with Gasteiger partial charge in [-0.15, -0.1) is 34.0 Å². The smallest absolute Gasteiger partial charge is 0.134 e. The molecule has 8 heterocycles. The summed E-state index contributed by atoms with van der Waals surface area (Å²) in [6.45, 7) is 9.13. The molecular formula is C103H91F4N9O5S3. The average Bonchev–Trinajstić information content (AvgIpc) is 1.59. The van der Waals surface area contributed by atoms with E-state index in [9.17, 15) is 38.0 Å². The number of thiazole rings is 1. The Bertz CT molecular complexity index is 6320. The molecule has 12 atom stereocenters. The van der Waals surface area contributed by atoms with Crippen LogP contribution in [0.5, 0.6) is 0 Å². The molecule has 21 heteroatoms. The fourth-order valence-corrected chi connectivity index (χ4v) is 25.3. The van der Waals surface area contributed by atoms with Gasteiger partial charge in [0, 0.05) is 36.0 Å². The maximum Gasteiger partial charge on any atom is 0.134 e. The number of rotatable bonds is 12. The third-order valence-corrected chi connectivity index (χ3v) is 32.3. The van der Waals surface area contributed by atoms with Crippen LogP contribution in [-0.4, -0.2) is 64.5 Å². The molecule has 0 saturated heterocycles. The largest absolute Gasteiger partial charge is 0.464 e. The van der Waals surface area contributed by atoms with Gasteiger partial charge in [-0.25, -0.2) is 41.3 Å². The van der Waals surface area contributed by atoms with Crippen LogP contribution in [0.15, 0.2) is 264 Å². The van der Waals surface area contributed by atoms with Crippen molar-refractivity contribution in [2.24, 2.45) is 45.3 Å². The molecule has 0 amide bonds. The summed E-state index contributed by atoms with van der Waals surface area (Å²) in [5, 5.41) is 68.2. The lowest BCUT2D eigenvalue weighted by Crippen LogP contribution is -2.32. The Hall–Kier alpha value is -11.5. The highest BCUT2D eigenvalue weighted by atomic mass is 32.1. The Morgan fingerprint density at radius 2 is 0.694 bits per heavy atom. The van der Waals surface area contributed by atoms with Gasteiger partial charge in [0.25, 0.3) is 0 Å². The van der Waals surface area contributed by atoms with Crippen LogP contribution in [0.1, 0.15) is 169 Å². The first kappa shape index (κ1) is 79.6. The molecule has 14 nitrogen and oxygen atoms in total. The highest BCUT2D eigenvalue weighted by Crippen LogP contribution is 2.62. The Kier molecular flexibility index (Phi) is 20.1. The summed E-state index contributed by atoms with van der Waals surface area (Å²) in [5.74, 6) is -0.436. The molecule has 8 aliphatic carbocycles. The van der Waals surface area contributed by atoms with Crippen LogP contribution in [0.2, 0.25) is 0 Å². The van der Waals surface area contributed by atoms with E-state index in [1.165, 1.54) is 108 Å². The molecule has 8 aromatic heterocycles. The van der Waals surface area contributed by atoms with Gasteiger partial charge in [-0.3, -0.25) is 0 Å². The van der Waals surface area contributed by atoms with Gasteiger partial charge in [0.15, 0.2) is 0 Å². The molecule has 0 spiro atoms. The summed E-state index contributed by atoms with van der Waals surface area (Å²) < 4.78 is 70.3. The maximum atomic E-state index is 13.4. The molecule has 24 rings (SSSR count). The van der Waals surface area contributed by atoms with E-state index in [1.54, 1.807) is 88.8 Å². The van der Waals surface area contributed by atoms with Crippen molar-refractivity contribution in [3.8, 4) is 22.7 Å². The number of hydrogen-bond donors (Lipinski definition) is 4. The van der Waals surface area contributed by atoms with Crippen LogP contribution < -0.4 is 0 Å². The molecule has 624 valence electrons. The molecule has 0 radical (unpaired) electrons. The number of allylic oxidation sites excluding steroid dienone is 4. The van der Waals surface area contributed by atoms with Crippen molar-refractivity contribution >= 4 is 99.7 Å². The van der Waals surface area contributed by atoms with E-state index in [0.29, 0.717) is 0 Å². The van der Waals surface area contributed by atoms with Gasteiger partial charge in [-0.05, 0) is 313 Å². The molecule has 4 fully saturated rings. The van der Waals surface area contributed by atoms with Crippen molar-refractivity contribution in [2.75, 3.05) is 0 Å². The summed E-state index contributed by atoms with van der Waals surface area (Å²) in [6.07, 6.45) is 27.3. The Morgan fingerprint density at radius 1 is 0.371 bits per heavy atom. The second kappa shape index (κ2) is 31.3. The third kappa shape index (κ3) is 13.8. The van der Waals surface area contributed by atoms with Crippen LogP contribution >= 0.6 is 34.0 Å². The van der Waals surface area contributed by atoms with Crippen molar-refractivity contribution in [1.29, 1.82) is 0 Å². The molecule has 8 aromatic carbocycles. The van der Waals surface area contributed by atoms with E-state index in [0.717, 1.165) is 170 Å². The lowest BCUT2D eigenvalue weighted by Gasteiger charge is -2.38. The first-order chi connectivity index (χ1) is 60.1. The minimum absolute atomic E-state index is 0.0841. The van der Waals surface area contributed by atoms with Crippen LogP contribution in [0, 0.1) is 68.6 Å². The molecule has 4 saturated carbocycles. The zero-order valence-electron chi connectivity index (χ0n) is 68.9. The zero-order chi connectivity index (χ0) is 84.7. The van der Waals surface area contributed by atoms with E-state index < -0.39 is 24.4 Å². The fraction of sp³-hybridized carbons (Fsp3) is 0.272. The zero-order valence-corrected chi connectivity index (χ0v) is 71.3. The van der Waals surface area contributed by atoms with Gasteiger partial charge in [0.2, 0.25) is 0 Å². The first-order valence-electron chi connectivity index (χ1n) is 42.8. The second-order valence-electron chi connectivity index (χ2n) is 35.8. The van der Waals surface area contributed by atoms with E-state index in [2.05, 4.69) is 115 Å². The number of hydrogen-bond acceptors (Lipinski definition) is 13. The van der Waals surface area contributed by atoms with Crippen molar-refractivity contribution in [2.45, 2.75) is 129 Å². The van der Waals surface area contributed by atoms with Gasteiger partial charge in [0.1, 0.15) is 40.0 Å². The topological polar surface area (TPSA) is 178 Å². The van der Waals surface area contributed by atoms with E-state index >= 15 is 0 Å². The summed E-state index contributed by atoms with van der Waals surface area (Å²) in [7, 11) is 0.